The van der Waals surface area contributed by atoms with Crippen LogP contribution in [-0.2, 0) is 19.2 Å². The molecule has 1 N–H and O–H groups in total. The van der Waals surface area contributed by atoms with Crippen molar-refractivity contribution in [1.82, 2.24) is 0 Å². The van der Waals surface area contributed by atoms with E-state index in [1.165, 1.54) is 205 Å². The second-order valence-electron chi connectivity index (χ2n) is 17.6. The monoisotopic (exact) mass is 907 g/mol. The molecule has 63 heavy (non-hydrogen) atoms. The molecule has 0 heterocycles. The normalized spacial score (nSPS) is 10.5. The number of carbonyl (C=O) groups excluding carboxylic acids is 3. The molecule has 8 nitrogen and oxygen atoms in total. The van der Waals surface area contributed by atoms with Crippen molar-refractivity contribution in [3.05, 3.63) is 12.2 Å². The van der Waals surface area contributed by atoms with E-state index in [0.717, 1.165) is 51.4 Å². The van der Waals surface area contributed by atoms with Crippen LogP contribution >= 0.6 is 0 Å². The predicted molar refractivity (Wildman–Crippen MR) is 263 cm³/mol. The minimum absolute atomic E-state index is 0. The third kappa shape index (κ3) is 87.7. The molecule has 0 unspecified atom stereocenters. The second-order valence-corrected chi connectivity index (χ2v) is 17.6. The van der Waals surface area contributed by atoms with Crippen LogP contribution < -0.4 is 15.3 Å². The van der Waals surface area contributed by atoms with E-state index in [-0.39, 0.29) is 36.6 Å². The van der Waals surface area contributed by atoms with Gasteiger partial charge in [0.1, 0.15) is 0 Å². The Morgan fingerprint density at radius 2 is 0.476 bits per heavy atom. The van der Waals surface area contributed by atoms with Crippen LogP contribution in [0.25, 0.3) is 0 Å². The van der Waals surface area contributed by atoms with Crippen molar-refractivity contribution in [1.29, 1.82) is 0 Å². The van der Waals surface area contributed by atoms with Gasteiger partial charge in [0.25, 0.3) is 0 Å². The second kappa shape index (κ2) is 66.8. The Bertz CT molecular complexity index is 849. The average Bonchev–Trinajstić information content (AvgIpc) is 3.23. The quantitative estimate of drug-likeness (QED) is 0.0359. The smallest absolute Gasteiger partial charge is 0.550 e. The first-order valence-electron chi connectivity index (χ1n) is 26.5. The van der Waals surface area contributed by atoms with Crippen LogP contribution in [0.3, 0.4) is 0 Å². The number of carbonyl (C=O) groups is 4. The van der Waals surface area contributed by atoms with E-state index >= 15 is 0 Å². The Hall–Kier alpha value is -1.85. The third-order valence-electron chi connectivity index (χ3n) is 11.1. The van der Waals surface area contributed by atoms with E-state index in [1.807, 2.05) is 0 Å². The summed E-state index contributed by atoms with van der Waals surface area (Å²) in [6.07, 6.45) is 54.7. The topological polar surface area (TPSA) is 158 Å². The van der Waals surface area contributed by atoms with E-state index < -0.39 is 23.9 Å². The SMILES string of the molecule is CCCCCCCC/C=C\CCCCCCCC(=O)O.CCCCCCCCCCCC(=O)[O-].CCCCCCCCCCCC(=O)[O-].CCCCCCCCCCCC(=O)[O-].[Al+3]. The van der Waals surface area contributed by atoms with Crippen molar-refractivity contribution < 1.29 is 39.6 Å². The molecule has 0 fully saturated rings. The van der Waals surface area contributed by atoms with E-state index in [9.17, 15) is 34.5 Å². The fraction of sp³-hybridized carbons (Fsp3) is 0.889. The number of hydrogen-bond donors (Lipinski definition) is 1. The van der Waals surface area contributed by atoms with Gasteiger partial charge in [-0.05, 0) is 70.6 Å². The molecule has 0 aliphatic carbocycles. The van der Waals surface area contributed by atoms with Crippen LogP contribution in [-0.4, -0.2) is 46.3 Å². The predicted octanol–water partition coefficient (Wildman–Crippen LogP) is 13.7. The van der Waals surface area contributed by atoms with E-state index in [2.05, 4.69) is 39.8 Å². The Kier molecular flexibility index (Phi) is 74.4. The summed E-state index contributed by atoms with van der Waals surface area (Å²) in [4.78, 5) is 40.6. The van der Waals surface area contributed by atoms with Gasteiger partial charge in [0, 0.05) is 24.3 Å². The summed E-state index contributed by atoms with van der Waals surface area (Å²) in [6.45, 7) is 8.93. The Morgan fingerprint density at radius 1 is 0.302 bits per heavy atom. The maximum Gasteiger partial charge on any atom is 3.00 e. The number of hydrogen-bond acceptors (Lipinski definition) is 7. The largest absolute Gasteiger partial charge is 3.00 e. The summed E-state index contributed by atoms with van der Waals surface area (Å²) in [5.74, 6) is -3.39. The van der Waals surface area contributed by atoms with Crippen LogP contribution in [0.2, 0.25) is 0 Å². The molecule has 0 aromatic rings. The molecule has 370 valence electrons. The van der Waals surface area contributed by atoms with Crippen LogP contribution in [0.15, 0.2) is 12.2 Å². The van der Waals surface area contributed by atoms with Crippen molar-refractivity contribution in [3.63, 3.8) is 0 Å². The van der Waals surface area contributed by atoms with Gasteiger partial charge in [-0.3, -0.25) is 4.79 Å². The van der Waals surface area contributed by atoms with Crippen molar-refractivity contribution >= 4 is 41.2 Å². The molecule has 0 rings (SSSR count). The summed E-state index contributed by atoms with van der Waals surface area (Å²) >= 11 is 0. The summed E-state index contributed by atoms with van der Waals surface area (Å²) in [5.41, 5.74) is 0. The Balaban J connectivity index is -0.000000239. The fourth-order valence-electron chi connectivity index (χ4n) is 7.09. The van der Waals surface area contributed by atoms with Gasteiger partial charge in [0.2, 0.25) is 0 Å². The van der Waals surface area contributed by atoms with Gasteiger partial charge in [-0.2, -0.15) is 0 Å². The fourth-order valence-corrected chi connectivity index (χ4v) is 7.09. The van der Waals surface area contributed by atoms with Gasteiger partial charge < -0.3 is 34.8 Å². The van der Waals surface area contributed by atoms with Crippen LogP contribution in [0.4, 0.5) is 0 Å². The molecular formula is C54H103AlO8. The summed E-state index contributed by atoms with van der Waals surface area (Å²) in [7, 11) is 0. The van der Waals surface area contributed by atoms with Crippen LogP contribution in [0.5, 0.6) is 0 Å². The molecule has 0 radical (unpaired) electrons. The minimum atomic E-state index is -0.909. The number of aliphatic carboxylic acids is 4. The third-order valence-corrected chi connectivity index (χ3v) is 11.1. The van der Waals surface area contributed by atoms with Gasteiger partial charge in [-0.15, -0.1) is 0 Å². The van der Waals surface area contributed by atoms with Crippen LogP contribution in [0.1, 0.15) is 310 Å². The summed E-state index contributed by atoms with van der Waals surface area (Å²) in [5, 5.41) is 38.8. The maximum absolute atomic E-state index is 10.3. The standard InChI is InChI=1S/C18H34O2.3C12H24O2.Al/c1-2-3-4-5-6-7-8-9-10-11-12-13-14-15-16-17-18(19)20;3*1-2-3-4-5-6-7-8-9-10-11-12(13)14;/h9-10H,2-8,11-17H2,1H3,(H,19,20);3*2-11H2,1H3,(H,13,14);/q;;;;+3/p-3/b10-9-;;;;. The summed E-state index contributed by atoms with van der Waals surface area (Å²) < 4.78 is 0. The van der Waals surface area contributed by atoms with Gasteiger partial charge in [0.05, 0.1) is 0 Å². The number of allylic oxidation sites excluding steroid dienone is 2. The molecule has 0 aliphatic heterocycles. The first-order chi connectivity index (χ1) is 30.1. The first kappa shape index (κ1) is 70.2. The molecule has 0 bridgehead atoms. The summed E-state index contributed by atoms with van der Waals surface area (Å²) in [6, 6.07) is 0. The van der Waals surface area contributed by atoms with E-state index in [0.29, 0.717) is 6.42 Å². The van der Waals surface area contributed by atoms with Gasteiger partial charge in [0.15, 0.2) is 0 Å². The molecule has 0 aliphatic rings. The van der Waals surface area contributed by atoms with Crippen molar-refractivity contribution in [2.45, 2.75) is 310 Å². The number of unbranched alkanes of at least 4 members (excludes halogenated alkanes) is 35. The van der Waals surface area contributed by atoms with Gasteiger partial charge in [-0.1, -0.05) is 245 Å². The number of carboxylic acids is 4. The average molecular weight is 907 g/mol. The molecule has 0 amide bonds. The zero-order chi connectivity index (χ0) is 46.8. The Labute approximate surface area is 401 Å². The maximum atomic E-state index is 10.3. The molecule has 0 spiro atoms. The Morgan fingerprint density at radius 3 is 0.667 bits per heavy atom. The van der Waals surface area contributed by atoms with Crippen molar-refractivity contribution in [2.75, 3.05) is 0 Å². The first-order valence-corrected chi connectivity index (χ1v) is 26.5. The van der Waals surface area contributed by atoms with Gasteiger partial charge in [-0.25, -0.2) is 0 Å². The van der Waals surface area contributed by atoms with E-state index in [4.69, 9.17) is 5.11 Å². The molecular weight excluding hydrogens is 804 g/mol. The zero-order valence-electron chi connectivity index (χ0n) is 42.1. The molecule has 0 saturated heterocycles. The van der Waals surface area contributed by atoms with Crippen molar-refractivity contribution in [2.24, 2.45) is 0 Å². The molecule has 0 atom stereocenters. The minimum Gasteiger partial charge on any atom is -0.550 e. The molecule has 9 heteroatoms. The van der Waals surface area contributed by atoms with Crippen molar-refractivity contribution in [3.8, 4) is 0 Å². The van der Waals surface area contributed by atoms with E-state index in [1.54, 1.807) is 0 Å². The molecule has 0 aromatic heterocycles. The molecule has 0 aromatic carbocycles. The van der Waals surface area contributed by atoms with Crippen LogP contribution in [0, 0.1) is 0 Å². The molecule has 0 saturated carbocycles. The number of carboxylic acid groups (broad SMARTS) is 4. The van der Waals surface area contributed by atoms with Gasteiger partial charge >= 0.3 is 23.3 Å². The number of rotatable bonds is 45. The zero-order valence-corrected chi connectivity index (χ0v) is 43.3.